The highest BCUT2D eigenvalue weighted by Gasteiger charge is 2.15. The van der Waals surface area contributed by atoms with Crippen LogP contribution in [0, 0.1) is 0 Å². The Morgan fingerprint density at radius 2 is 1.83 bits per heavy atom. The van der Waals surface area contributed by atoms with E-state index in [4.69, 9.17) is 27.2 Å². The van der Waals surface area contributed by atoms with Gasteiger partial charge in [0.05, 0.1) is 0 Å². The lowest BCUT2D eigenvalue weighted by Gasteiger charge is -2.10. The predicted molar refractivity (Wildman–Crippen MR) is 69.3 cm³/mol. The van der Waals surface area contributed by atoms with Crippen LogP contribution in [-0.4, -0.2) is 11.1 Å². The molecule has 0 aliphatic carbocycles. The molecule has 2 aromatic carbocycles. The number of carboxylic acid groups (broad SMARTS) is 1. The number of anilines is 1. The second-order valence-electron chi connectivity index (χ2n) is 3.58. The Morgan fingerprint density at radius 3 is 2.44 bits per heavy atom. The van der Waals surface area contributed by atoms with Crippen molar-refractivity contribution in [3.8, 4) is 11.5 Å². The number of carboxylic acids is 1. The van der Waals surface area contributed by atoms with Crippen LogP contribution in [0.25, 0.3) is 0 Å². The molecule has 0 radical (unpaired) electrons. The molecule has 0 aromatic heterocycles. The average Bonchev–Trinajstić information content (AvgIpc) is 2.32. The average molecular weight is 264 g/mol. The molecule has 0 amide bonds. The molecular weight excluding hydrogens is 254 g/mol. The molecule has 0 spiro atoms. The number of ether oxygens (including phenoxy) is 1. The van der Waals surface area contributed by atoms with E-state index in [1.54, 1.807) is 36.4 Å². The van der Waals surface area contributed by atoms with Crippen LogP contribution in [-0.2, 0) is 0 Å². The van der Waals surface area contributed by atoms with Gasteiger partial charge in [0.2, 0.25) is 0 Å². The minimum absolute atomic E-state index is 0.0487. The highest BCUT2D eigenvalue weighted by atomic mass is 35.5. The predicted octanol–water partition coefficient (Wildman–Crippen LogP) is 3.41. The minimum Gasteiger partial charge on any atom is -0.477 e. The number of benzene rings is 2. The number of carbonyl (C=O) groups is 1. The van der Waals surface area contributed by atoms with Gasteiger partial charge >= 0.3 is 5.97 Å². The van der Waals surface area contributed by atoms with E-state index in [2.05, 4.69) is 0 Å². The molecule has 0 saturated heterocycles. The van der Waals surface area contributed by atoms with Gasteiger partial charge in [-0.05, 0) is 36.4 Å². The van der Waals surface area contributed by atoms with Crippen molar-refractivity contribution in [2.24, 2.45) is 0 Å². The molecule has 18 heavy (non-hydrogen) atoms. The maximum absolute atomic E-state index is 11.1. The highest BCUT2D eigenvalue weighted by molar-refractivity contribution is 6.30. The minimum atomic E-state index is -1.13. The third kappa shape index (κ3) is 2.55. The lowest BCUT2D eigenvalue weighted by atomic mass is 10.1. The van der Waals surface area contributed by atoms with E-state index in [-0.39, 0.29) is 17.0 Å². The zero-order valence-electron chi connectivity index (χ0n) is 9.26. The molecule has 4 nitrogen and oxygen atoms in total. The van der Waals surface area contributed by atoms with E-state index >= 15 is 0 Å². The largest absolute Gasteiger partial charge is 0.477 e. The van der Waals surface area contributed by atoms with Crippen molar-refractivity contribution in [1.29, 1.82) is 0 Å². The second kappa shape index (κ2) is 4.98. The molecular formula is C13H10ClNO3. The smallest absolute Gasteiger partial charge is 0.341 e. The number of rotatable bonds is 3. The lowest BCUT2D eigenvalue weighted by Crippen LogP contribution is -2.04. The molecule has 2 aromatic rings. The Bertz CT molecular complexity index is 581. The standard InChI is InChI=1S/C13H10ClNO3/c14-8-4-6-9(7-5-8)18-11-3-1-2-10(15)12(11)13(16)17/h1-7H,15H2,(H,16,17). The van der Waals surface area contributed by atoms with Crippen LogP contribution in [0.3, 0.4) is 0 Å². The van der Waals surface area contributed by atoms with Crippen molar-refractivity contribution in [2.75, 3.05) is 5.73 Å². The van der Waals surface area contributed by atoms with Gasteiger partial charge in [-0.2, -0.15) is 0 Å². The number of nitrogen functional groups attached to an aromatic ring is 1. The van der Waals surface area contributed by atoms with E-state index in [1.165, 1.54) is 6.07 Å². The lowest BCUT2D eigenvalue weighted by molar-refractivity contribution is 0.0695. The third-order valence-corrected chi connectivity index (χ3v) is 2.57. The van der Waals surface area contributed by atoms with Gasteiger partial charge in [-0.1, -0.05) is 17.7 Å². The van der Waals surface area contributed by atoms with Crippen LogP contribution in [0.4, 0.5) is 5.69 Å². The molecule has 0 heterocycles. The summed E-state index contributed by atoms with van der Waals surface area (Å²) in [5.74, 6) is -0.436. The molecule has 2 rings (SSSR count). The summed E-state index contributed by atoms with van der Waals surface area (Å²) in [6, 6.07) is 11.3. The summed E-state index contributed by atoms with van der Waals surface area (Å²) >= 11 is 5.75. The monoisotopic (exact) mass is 263 g/mol. The Labute approximate surface area is 109 Å². The summed E-state index contributed by atoms with van der Waals surface area (Å²) in [6.45, 7) is 0. The summed E-state index contributed by atoms with van der Waals surface area (Å²) in [6.07, 6.45) is 0. The first-order valence-electron chi connectivity index (χ1n) is 5.13. The summed E-state index contributed by atoms with van der Waals surface area (Å²) in [4.78, 5) is 11.1. The SMILES string of the molecule is Nc1cccc(Oc2ccc(Cl)cc2)c1C(=O)O. The van der Waals surface area contributed by atoms with Crippen molar-refractivity contribution in [1.82, 2.24) is 0 Å². The van der Waals surface area contributed by atoms with Gasteiger partial charge in [-0.15, -0.1) is 0 Å². The maximum Gasteiger partial charge on any atom is 0.341 e. The maximum atomic E-state index is 11.1. The molecule has 0 atom stereocenters. The van der Waals surface area contributed by atoms with Gasteiger partial charge in [0, 0.05) is 10.7 Å². The van der Waals surface area contributed by atoms with Crippen LogP contribution < -0.4 is 10.5 Å². The Hall–Kier alpha value is -2.20. The fourth-order valence-electron chi connectivity index (χ4n) is 1.49. The van der Waals surface area contributed by atoms with E-state index < -0.39 is 5.97 Å². The Morgan fingerprint density at radius 1 is 1.17 bits per heavy atom. The third-order valence-electron chi connectivity index (χ3n) is 2.31. The highest BCUT2D eigenvalue weighted by Crippen LogP contribution is 2.29. The van der Waals surface area contributed by atoms with Crippen LogP contribution in [0.15, 0.2) is 42.5 Å². The van der Waals surface area contributed by atoms with Crippen molar-refractivity contribution in [3.05, 3.63) is 53.1 Å². The fourth-order valence-corrected chi connectivity index (χ4v) is 1.62. The van der Waals surface area contributed by atoms with Crippen LogP contribution in [0.1, 0.15) is 10.4 Å². The quantitative estimate of drug-likeness (QED) is 0.833. The van der Waals surface area contributed by atoms with E-state index in [0.717, 1.165) is 0 Å². The number of aromatic carboxylic acids is 1. The second-order valence-corrected chi connectivity index (χ2v) is 4.02. The number of hydrogen-bond donors (Lipinski definition) is 2. The number of nitrogens with two attached hydrogens (primary N) is 1. The number of halogens is 1. The molecule has 0 aliphatic heterocycles. The molecule has 0 unspecified atom stereocenters. The molecule has 0 saturated carbocycles. The van der Waals surface area contributed by atoms with E-state index in [9.17, 15) is 4.79 Å². The van der Waals surface area contributed by atoms with Crippen molar-refractivity contribution in [2.45, 2.75) is 0 Å². The van der Waals surface area contributed by atoms with Crippen LogP contribution in [0.5, 0.6) is 11.5 Å². The first-order valence-corrected chi connectivity index (χ1v) is 5.51. The van der Waals surface area contributed by atoms with Gasteiger partial charge in [-0.25, -0.2) is 4.79 Å². The first kappa shape index (κ1) is 12.3. The molecule has 0 bridgehead atoms. The van der Waals surface area contributed by atoms with Crippen molar-refractivity contribution >= 4 is 23.3 Å². The summed E-state index contributed by atoms with van der Waals surface area (Å²) in [7, 11) is 0. The molecule has 5 heteroatoms. The molecule has 3 N–H and O–H groups in total. The zero-order chi connectivity index (χ0) is 13.1. The van der Waals surface area contributed by atoms with Gasteiger partial charge in [0.15, 0.2) is 0 Å². The Balaban J connectivity index is 2.37. The molecule has 0 aliphatic rings. The Kier molecular flexibility index (Phi) is 3.39. The van der Waals surface area contributed by atoms with E-state index in [0.29, 0.717) is 10.8 Å². The van der Waals surface area contributed by atoms with Crippen LogP contribution >= 0.6 is 11.6 Å². The number of hydrogen-bond acceptors (Lipinski definition) is 3. The summed E-state index contributed by atoms with van der Waals surface area (Å²) in [5, 5.41) is 9.66. The van der Waals surface area contributed by atoms with Crippen LogP contribution in [0.2, 0.25) is 5.02 Å². The molecule has 92 valence electrons. The van der Waals surface area contributed by atoms with Gasteiger partial charge in [0.1, 0.15) is 17.1 Å². The van der Waals surface area contributed by atoms with E-state index in [1.807, 2.05) is 0 Å². The first-order chi connectivity index (χ1) is 8.58. The molecule has 0 fully saturated rings. The summed E-state index contributed by atoms with van der Waals surface area (Å²) < 4.78 is 5.49. The fraction of sp³-hybridized carbons (Fsp3) is 0. The van der Waals surface area contributed by atoms with Crippen molar-refractivity contribution < 1.29 is 14.6 Å². The van der Waals surface area contributed by atoms with Gasteiger partial charge in [-0.3, -0.25) is 0 Å². The van der Waals surface area contributed by atoms with Gasteiger partial charge in [0.25, 0.3) is 0 Å². The summed E-state index contributed by atoms with van der Waals surface area (Å²) in [5.41, 5.74) is 5.73. The van der Waals surface area contributed by atoms with Crippen molar-refractivity contribution in [3.63, 3.8) is 0 Å². The van der Waals surface area contributed by atoms with Gasteiger partial charge < -0.3 is 15.6 Å². The topological polar surface area (TPSA) is 72.5 Å². The normalized spacial score (nSPS) is 10.1. The zero-order valence-corrected chi connectivity index (χ0v) is 10.0.